The van der Waals surface area contributed by atoms with Gasteiger partial charge in [-0.25, -0.2) is 8.78 Å². The Morgan fingerprint density at radius 2 is 1.81 bits per heavy atom. The van der Waals surface area contributed by atoms with Gasteiger partial charge < -0.3 is 14.8 Å². The van der Waals surface area contributed by atoms with E-state index in [-0.39, 0.29) is 5.91 Å². The number of nitrogens with one attached hydrogen (secondary N) is 1. The Morgan fingerprint density at radius 3 is 2.54 bits per heavy atom. The zero-order valence-corrected chi connectivity index (χ0v) is 14.6. The fraction of sp³-hybridized carbons (Fsp3) is 0.211. The van der Waals surface area contributed by atoms with Crippen molar-refractivity contribution in [3.8, 4) is 0 Å². The minimum Gasteiger partial charge on any atom is -0.366 e. The summed E-state index contributed by atoms with van der Waals surface area (Å²) in [6.07, 6.45) is 1.69. The van der Waals surface area contributed by atoms with Crippen molar-refractivity contribution < 1.29 is 13.6 Å². The number of carbonyl (C=O) groups is 1. The molecule has 1 aliphatic heterocycles. The van der Waals surface area contributed by atoms with Crippen molar-refractivity contribution in [2.75, 3.05) is 31.1 Å². The number of benzene rings is 2. The number of anilines is 1. The van der Waals surface area contributed by atoms with Crippen LogP contribution in [0.5, 0.6) is 0 Å². The quantitative estimate of drug-likeness (QED) is 0.733. The van der Waals surface area contributed by atoms with Gasteiger partial charge in [-0.05, 0) is 24.3 Å². The third-order valence-corrected chi connectivity index (χ3v) is 4.93. The van der Waals surface area contributed by atoms with Crippen molar-refractivity contribution in [3.05, 3.63) is 64.8 Å². The fourth-order valence-electron chi connectivity index (χ4n) is 3.33. The fourth-order valence-corrected chi connectivity index (χ4v) is 3.51. The third kappa shape index (κ3) is 3.01. The number of nitrogens with zero attached hydrogens (tertiary/aromatic N) is 2. The van der Waals surface area contributed by atoms with Gasteiger partial charge >= 0.3 is 0 Å². The molecule has 1 fully saturated rings. The molecule has 134 valence electrons. The molecule has 26 heavy (non-hydrogen) atoms. The van der Waals surface area contributed by atoms with E-state index < -0.39 is 11.6 Å². The summed E-state index contributed by atoms with van der Waals surface area (Å²) in [4.78, 5) is 19.5. The number of aromatic amines is 1. The number of fused-ring (bicyclic) bond motifs is 1. The van der Waals surface area contributed by atoms with Crippen LogP contribution in [0.25, 0.3) is 10.9 Å². The first-order valence-corrected chi connectivity index (χ1v) is 8.66. The van der Waals surface area contributed by atoms with Crippen molar-refractivity contribution in [2.24, 2.45) is 0 Å². The minimum absolute atomic E-state index is 0.0715. The number of H-pyrrole nitrogens is 1. The van der Waals surface area contributed by atoms with Crippen molar-refractivity contribution >= 4 is 34.1 Å². The highest BCUT2D eigenvalue weighted by molar-refractivity contribution is 6.31. The van der Waals surface area contributed by atoms with Crippen LogP contribution in [-0.2, 0) is 0 Å². The molecule has 0 saturated carbocycles. The van der Waals surface area contributed by atoms with Crippen molar-refractivity contribution in [3.63, 3.8) is 0 Å². The molecular weight excluding hydrogens is 360 g/mol. The van der Waals surface area contributed by atoms with E-state index in [0.717, 1.165) is 17.0 Å². The van der Waals surface area contributed by atoms with Gasteiger partial charge in [0.1, 0.15) is 11.6 Å². The first kappa shape index (κ1) is 16.8. The molecule has 2 heterocycles. The average Bonchev–Trinajstić information content (AvgIpc) is 3.04. The highest BCUT2D eigenvalue weighted by atomic mass is 35.5. The molecule has 0 spiro atoms. The van der Waals surface area contributed by atoms with E-state index >= 15 is 0 Å². The molecule has 1 aromatic heterocycles. The zero-order chi connectivity index (χ0) is 18.3. The van der Waals surface area contributed by atoms with Crippen molar-refractivity contribution in [1.29, 1.82) is 0 Å². The van der Waals surface area contributed by atoms with Gasteiger partial charge in [0, 0.05) is 54.4 Å². The highest BCUT2D eigenvalue weighted by Crippen LogP contribution is 2.25. The van der Waals surface area contributed by atoms with Crippen LogP contribution in [0.4, 0.5) is 14.5 Å². The molecule has 0 unspecified atom stereocenters. The maximum Gasteiger partial charge on any atom is 0.256 e. The number of aromatic nitrogens is 1. The number of halogens is 3. The standard InChI is InChI=1S/C19H16ClF2N3O/c20-12-1-3-14-15(11-23-17(14)9-12)19(26)25-7-5-24(6-8-25)18-4-2-13(21)10-16(18)22/h1-4,9-11,23H,5-8H2. The smallest absolute Gasteiger partial charge is 0.256 e. The van der Waals surface area contributed by atoms with Crippen LogP contribution < -0.4 is 4.90 Å². The summed E-state index contributed by atoms with van der Waals surface area (Å²) in [5.41, 5.74) is 1.77. The molecule has 0 radical (unpaired) electrons. The van der Waals surface area contributed by atoms with Gasteiger partial charge in [0.15, 0.2) is 0 Å². The monoisotopic (exact) mass is 375 g/mol. The molecular formula is C19H16ClF2N3O. The molecule has 1 amide bonds. The predicted octanol–water partition coefficient (Wildman–Crippen LogP) is 4.06. The summed E-state index contributed by atoms with van der Waals surface area (Å²) in [7, 11) is 0. The van der Waals surface area contributed by atoms with Crippen LogP contribution in [0.2, 0.25) is 5.02 Å². The van der Waals surface area contributed by atoms with E-state index in [1.807, 2.05) is 11.0 Å². The summed E-state index contributed by atoms with van der Waals surface area (Å²) >= 11 is 5.98. The van der Waals surface area contributed by atoms with Gasteiger partial charge in [-0.2, -0.15) is 0 Å². The average molecular weight is 376 g/mol. The van der Waals surface area contributed by atoms with Crippen LogP contribution >= 0.6 is 11.6 Å². The van der Waals surface area contributed by atoms with Gasteiger partial charge in [-0.15, -0.1) is 0 Å². The van der Waals surface area contributed by atoms with E-state index in [1.165, 1.54) is 12.1 Å². The topological polar surface area (TPSA) is 39.3 Å². The largest absolute Gasteiger partial charge is 0.366 e. The van der Waals surface area contributed by atoms with Crippen LogP contribution in [0, 0.1) is 11.6 Å². The summed E-state index contributed by atoms with van der Waals surface area (Å²) in [5.74, 6) is -1.25. The minimum atomic E-state index is -0.598. The van der Waals surface area contributed by atoms with Gasteiger partial charge in [0.2, 0.25) is 0 Å². The number of amides is 1. The number of piperazine rings is 1. The van der Waals surface area contributed by atoms with Crippen molar-refractivity contribution in [1.82, 2.24) is 9.88 Å². The molecule has 0 atom stereocenters. The molecule has 0 bridgehead atoms. The van der Waals surface area contributed by atoms with Gasteiger partial charge in [-0.1, -0.05) is 17.7 Å². The van der Waals surface area contributed by atoms with Gasteiger partial charge in [0.25, 0.3) is 5.91 Å². The molecule has 1 saturated heterocycles. The SMILES string of the molecule is O=C(c1c[nH]c2cc(Cl)ccc12)N1CCN(c2ccc(F)cc2F)CC1. The Hall–Kier alpha value is -2.60. The van der Waals surface area contributed by atoms with Gasteiger partial charge in [0.05, 0.1) is 11.3 Å². The predicted molar refractivity (Wildman–Crippen MR) is 97.8 cm³/mol. The van der Waals surface area contributed by atoms with E-state index in [2.05, 4.69) is 4.98 Å². The molecule has 3 aromatic rings. The summed E-state index contributed by atoms with van der Waals surface area (Å²) in [6.45, 7) is 1.91. The molecule has 0 aliphatic carbocycles. The Labute approximate surface area is 154 Å². The molecule has 7 heteroatoms. The second-order valence-corrected chi connectivity index (χ2v) is 6.70. The maximum atomic E-state index is 13.9. The maximum absolute atomic E-state index is 13.9. The Kier molecular flexibility index (Phi) is 4.28. The third-order valence-electron chi connectivity index (χ3n) is 4.69. The van der Waals surface area contributed by atoms with E-state index in [0.29, 0.717) is 42.5 Å². The van der Waals surface area contributed by atoms with E-state index in [9.17, 15) is 13.6 Å². The molecule has 4 nitrogen and oxygen atoms in total. The molecule has 1 aliphatic rings. The van der Waals surface area contributed by atoms with Crippen LogP contribution in [0.1, 0.15) is 10.4 Å². The zero-order valence-electron chi connectivity index (χ0n) is 13.8. The van der Waals surface area contributed by atoms with Crippen molar-refractivity contribution in [2.45, 2.75) is 0 Å². The molecule has 2 aromatic carbocycles. The number of rotatable bonds is 2. The van der Waals surface area contributed by atoms with Crippen LogP contribution in [-0.4, -0.2) is 42.0 Å². The summed E-state index contributed by atoms with van der Waals surface area (Å²) in [5, 5.41) is 1.43. The van der Waals surface area contributed by atoms with E-state index in [4.69, 9.17) is 11.6 Å². The Morgan fingerprint density at radius 1 is 1.04 bits per heavy atom. The van der Waals surface area contributed by atoms with E-state index in [1.54, 1.807) is 23.2 Å². The second kappa shape index (κ2) is 6.61. The summed E-state index contributed by atoms with van der Waals surface area (Å²) in [6, 6.07) is 8.92. The number of hydrogen-bond acceptors (Lipinski definition) is 2. The lowest BCUT2D eigenvalue weighted by Crippen LogP contribution is -2.49. The Balaban J connectivity index is 1.49. The normalized spacial score (nSPS) is 14.9. The lowest BCUT2D eigenvalue weighted by Gasteiger charge is -2.36. The number of hydrogen-bond donors (Lipinski definition) is 1. The molecule has 1 N–H and O–H groups in total. The first-order valence-electron chi connectivity index (χ1n) is 8.29. The Bertz CT molecular complexity index is 980. The van der Waals surface area contributed by atoms with Crippen LogP contribution in [0.15, 0.2) is 42.6 Å². The lowest BCUT2D eigenvalue weighted by molar-refractivity contribution is 0.0748. The number of carbonyl (C=O) groups excluding carboxylic acids is 1. The van der Waals surface area contributed by atoms with Gasteiger partial charge in [-0.3, -0.25) is 4.79 Å². The van der Waals surface area contributed by atoms with Crippen LogP contribution in [0.3, 0.4) is 0 Å². The first-order chi connectivity index (χ1) is 12.5. The second-order valence-electron chi connectivity index (χ2n) is 6.27. The molecule has 4 rings (SSSR count). The summed E-state index contributed by atoms with van der Waals surface area (Å²) < 4.78 is 27.0. The lowest BCUT2D eigenvalue weighted by atomic mass is 10.1. The highest BCUT2D eigenvalue weighted by Gasteiger charge is 2.25.